The van der Waals surface area contributed by atoms with E-state index >= 15 is 0 Å². The van der Waals surface area contributed by atoms with Crippen LogP contribution in [0.3, 0.4) is 0 Å². The highest BCUT2D eigenvalue weighted by Crippen LogP contribution is 2.27. The van der Waals surface area contributed by atoms with Gasteiger partial charge < -0.3 is 10.1 Å². The molecule has 5 nitrogen and oxygen atoms in total. The maximum atomic E-state index is 10.4. The topological polar surface area (TPSA) is 55.6 Å². The summed E-state index contributed by atoms with van der Waals surface area (Å²) >= 11 is 0. The van der Waals surface area contributed by atoms with Crippen LogP contribution in [0.2, 0.25) is 0 Å². The van der Waals surface area contributed by atoms with Gasteiger partial charge in [-0.15, -0.1) is 0 Å². The summed E-state index contributed by atoms with van der Waals surface area (Å²) in [5, 5.41) is 3.53. The zero-order valence-electron chi connectivity index (χ0n) is 15.6. The first-order chi connectivity index (χ1) is 12.5. The molecule has 5 heteroatoms. The van der Waals surface area contributed by atoms with E-state index < -0.39 is 0 Å². The van der Waals surface area contributed by atoms with E-state index in [1.807, 2.05) is 24.4 Å². The Balaban J connectivity index is 1.96. The quantitative estimate of drug-likeness (QED) is 0.685. The summed E-state index contributed by atoms with van der Waals surface area (Å²) in [6.07, 6.45) is 3.30. The highest BCUT2D eigenvalue weighted by atomic mass is 16.5. The van der Waals surface area contributed by atoms with Gasteiger partial charge >= 0.3 is 0 Å². The van der Waals surface area contributed by atoms with Gasteiger partial charge in [-0.2, -0.15) is 0 Å². The van der Waals surface area contributed by atoms with Crippen molar-refractivity contribution in [1.82, 2.24) is 9.38 Å². The van der Waals surface area contributed by atoms with Crippen molar-refractivity contribution < 1.29 is 9.53 Å². The number of aromatic nitrogens is 2. The molecular weight excluding hydrogens is 326 g/mol. The second-order valence-corrected chi connectivity index (χ2v) is 6.48. The van der Waals surface area contributed by atoms with E-state index in [4.69, 9.17) is 4.74 Å². The SMILES string of the molecule is Cc1cc(NCc2c(C)cccc2C)c2nc(C)c(OCC=C=O)n2c1. The zero-order valence-corrected chi connectivity index (χ0v) is 15.6. The molecule has 0 unspecified atom stereocenters. The summed E-state index contributed by atoms with van der Waals surface area (Å²) in [5.41, 5.74) is 7.47. The van der Waals surface area contributed by atoms with Crippen molar-refractivity contribution in [3.63, 3.8) is 0 Å². The lowest BCUT2D eigenvalue weighted by atomic mass is 10.0. The van der Waals surface area contributed by atoms with Crippen molar-refractivity contribution in [2.75, 3.05) is 11.9 Å². The maximum absolute atomic E-state index is 10.4. The van der Waals surface area contributed by atoms with Crippen molar-refractivity contribution in [1.29, 1.82) is 0 Å². The smallest absolute Gasteiger partial charge is 0.221 e. The fourth-order valence-electron chi connectivity index (χ4n) is 3.14. The van der Waals surface area contributed by atoms with E-state index in [1.54, 1.807) is 5.94 Å². The molecule has 0 saturated heterocycles. The summed E-state index contributed by atoms with van der Waals surface area (Å²) in [5.74, 6) is 2.37. The number of pyridine rings is 1. The van der Waals surface area contributed by atoms with Crippen molar-refractivity contribution in [3.8, 4) is 5.88 Å². The number of ether oxygens (including phenoxy) is 1. The Hall–Kier alpha value is -3.04. The van der Waals surface area contributed by atoms with Crippen LogP contribution in [0.25, 0.3) is 5.65 Å². The molecule has 2 aromatic heterocycles. The molecule has 0 fully saturated rings. The van der Waals surface area contributed by atoms with Crippen LogP contribution in [-0.4, -0.2) is 21.9 Å². The van der Waals surface area contributed by atoms with Gasteiger partial charge in [0.2, 0.25) is 5.88 Å². The maximum Gasteiger partial charge on any atom is 0.221 e. The normalized spacial score (nSPS) is 10.6. The standard InChI is InChI=1S/C21H23N3O2/c1-14-11-19(22-12-18-15(2)7-5-8-16(18)3)20-23-17(4)21(24(20)13-14)26-10-6-9-25/h5-8,11,13,22H,10,12H2,1-4H3. The fourth-order valence-corrected chi connectivity index (χ4v) is 3.14. The highest BCUT2D eigenvalue weighted by molar-refractivity contribution is 5.70. The second-order valence-electron chi connectivity index (χ2n) is 6.48. The van der Waals surface area contributed by atoms with E-state index in [1.165, 1.54) is 22.8 Å². The average Bonchev–Trinajstić information content (AvgIpc) is 2.90. The molecule has 2 heterocycles. The predicted octanol–water partition coefficient (Wildman–Crippen LogP) is 3.95. The third-order valence-electron chi connectivity index (χ3n) is 4.46. The Bertz CT molecular complexity index is 978. The Labute approximate surface area is 153 Å². The van der Waals surface area contributed by atoms with E-state index in [0.717, 1.165) is 29.1 Å². The van der Waals surface area contributed by atoms with E-state index in [0.29, 0.717) is 5.88 Å². The fraction of sp³-hybridized carbons (Fsp3) is 0.286. The van der Waals surface area contributed by atoms with Crippen LogP contribution in [-0.2, 0) is 11.3 Å². The Morgan fingerprint density at radius 3 is 2.65 bits per heavy atom. The Morgan fingerprint density at radius 1 is 1.23 bits per heavy atom. The molecule has 3 aromatic rings. The molecule has 0 atom stereocenters. The first-order valence-corrected chi connectivity index (χ1v) is 8.61. The third kappa shape index (κ3) is 3.48. The largest absolute Gasteiger partial charge is 0.472 e. The van der Waals surface area contributed by atoms with Crippen LogP contribution in [0.15, 0.2) is 36.5 Å². The molecule has 0 amide bonds. The minimum absolute atomic E-state index is 0.178. The van der Waals surface area contributed by atoms with Crippen LogP contribution in [0.5, 0.6) is 5.88 Å². The lowest BCUT2D eigenvalue weighted by molar-refractivity contribution is 0.343. The van der Waals surface area contributed by atoms with Crippen LogP contribution in [0.1, 0.15) is 27.9 Å². The molecule has 0 spiro atoms. The van der Waals surface area contributed by atoms with Crippen molar-refractivity contribution in [2.24, 2.45) is 0 Å². The minimum Gasteiger partial charge on any atom is -0.472 e. The second kappa shape index (κ2) is 7.46. The molecule has 1 aromatic carbocycles. The number of nitrogens with one attached hydrogen (secondary N) is 1. The van der Waals surface area contributed by atoms with Crippen molar-refractivity contribution >= 4 is 17.3 Å². The molecule has 0 aliphatic heterocycles. The Kier molecular flexibility index (Phi) is 5.10. The predicted molar refractivity (Wildman–Crippen MR) is 104 cm³/mol. The molecule has 0 radical (unpaired) electrons. The van der Waals surface area contributed by atoms with Gasteiger partial charge in [0, 0.05) is 18.8 Å². The first-order valence-electron chi connectivity index (χ1n) is 8.61. The van der Waals surface area contributed by atoms with Crippen molar-refractivity contribution in [2.45, 2.75) is 34.2 Å². The van der Waals surface area contributed by atoms with Gasteiger partial charge in [-0.05, 0) is 56.0 Å². The number of nitrogens with zero attached hydrogens (tertiary/aromatic N) is 2. The molecule has 26 heavy (non-hydrogen) atoms. The number of rotatable bonds is 6. The van der Waals surface area contributed by atoms with Gasteiger partial charge in [0.15, 0.2) is 5.65 Å². The van der Waals surface area contributed by atoms with Gasteiger partial charge in [-0.25, -0.2) is 9.78 Å². The number of fused-ring (bicyclic) bond motifs is 1. The van der Waals surface area contributed by atoms with Gasteiger partial charge in [0.25, 0.3) is 0 Å². The molecule has 3 rings (SSSR count). The molecule has 1 N–H and O–H groups in total. The van der Waals surface area contributed by atoms with E-state index in [-0.39, 0.29) is 6.61 Å². The highest BCUT2D eigenvalue weighted by Gasteiger charge is 2.14. The van der Waals surface area contributed by atoms with E-state index in [9.17, 15) is 4.79 Å². The van der Waals surface area contributed by atoms with Crippen LogP contribution in [0.4, 0.5) is 5.69 Å². The molecule has 0 saturated carbocycles. The summed E-state index contributed by atoms with van der Waals surface area (Å²) in [4.78, 5) is 15.0. The van der Waals surface area contributed by atoms with Gasteiger partial charge in [0.05, 0.1) is 5.69 Å². The van der Waals surface area contributed by atoms with Gasteiger partial charge in [-0.1, -0.05) is 18.2 Å². The molecule has 0 bridgehead atoms. The summed E-state index contributed by atoms with van der Waals surface area (Å²) in [7, 11) is 0. The molecule has 0 aliphatic carbocycles. The summed E-state index contributed by atoms with van der Waals surface area (Å²) in [6.45, 7) is 9.10. The molecule has 134 valence electrons. The number of hydrogen-bond donors (Lipinski definition) is 1. The minimum atomic E-state index is 0.178. The van der Waals surface area contributed by atoms with Crippen molar-refractivity contribution in [3.05, 3.63) is 64.5 Å². The number of benzene rings is 1. The lowest BCUT2D eigenvalue weighted by Crippen LogP contribution is -2.06. The van der Waals surface area contributed by atoms with Crippen LogP contribution >= 0.6 is 0 Å². The number of imidazole rings is 1. The number of carbonyl (C=O) groups excluding carboxylic acids is 1. The lowest BCUT2D eigenvalue weighted by Gasteiger charge is -2.13. The first kappa shape index (κ1) is 17.8. The van der Waals surface area contributed by atoms with Gasteiger partial charge in [0.1, 0.15) is 18.2 Å². The zero-order chi connectivity index (χ0) is 18.7. The van der Waals surface area contributed by atoms with E-state index in [2.05, 4.69) is 48.4 Å². The van der Waals surface area contributed by atoms with Crippen LogP contribution < -0.4 is 10.1 Å². The van der Waals surface area contributed by atoms with Crippen LogP contribution in [0, 0.1) is 27.7 Å². The number of anilines is 1. The van der Waals surface area contributed by atoms with Gasteiger partial charge in [-0.3, -0.25) is 4.40 Å². The number of aryl methyl sites for hydroxylation is 4. The Morgan fingerprint density at radius 2 is 1.96 bits per heavy atom. The number of hydrogen-bond acceptors (Lipinski definition) is 4. The molecule has 0 aliphatic rings. The third-order valence-corrected chi connectivity index (χ3v) is 4.46. The average molecular weight is 349 g/mol. The molecular formula is C21H23N3O2. The monoisotopic (exact) mass is 349 g/mol. The summed E-state index contributed by atoms with van der Waals surface area (Å²) < 4.78 is 7.62. The summed E-state index contributed by atoms with van der Waals surface area (Å²) in [6, 6.07) is 8.42.